The van der Waals surface area contributed by atoms with E-state index < -0.39 is 0 Å². The van der Waals surface area contributed by atoms with Crippen LogP contribution in [0.5, 0.6) is 0 Å². The Bertz CT molecular complexity index is 2030. The van der Waals surface area contributed by atoms with Gasteiger partial charge in [0.25, 0.3) is 0 Å². The molecule has 0 atom stereocenters. The second-order valence-electron chi connectivity index (χ2n) is 21.9. The summed E-state index contributed by atoms with van der Waals surface area (Å²) in [6.07, 6.45) is 23.0. The van der Waals surface area contributed by atoms with E-state index in [1.807, 2.05) is 0 Å². The minimum Gasteiger partial charge on any atom is -0.0978 e. The number of benzene rings is 5. The lowest BCUT2D eigenvalue weighted by Gasteiger charge is -2.45. The summed E-state index contributed by atoms with van der Waals surface area (Å²) in [6.45, 7) is 29.4. The lowest BCUT2D eigenvalue weighted by atomic mass is 9.60. The summed E-state index contributed by atoms with van der Waals surface area (Å²) in [5.41, 5.74) is 3.25. The average Bonchev–Trinajstić information content (AvgIpc) is 3.25. The van der Waals surface area contributed by atoms with E-state index >= 15 is 0 Å². The molecular weight excluding hydrogens is 769 g/mol. The van der Waals surface area contributed by atoms with Gasteiger partial charge in [0.1, 0.15) is 0 Å². The Balaban J connectivity index is 1.24. The monoisotopic (exact) mass is 859 g/mol. The summed E-state index contributed by atoms with van der Waals surface area (Å²) >= 11 is 0. The molecule has 0 radical (unpaired) electrons. The van der Waals surface area contributed by atoms with E-state index in [-0.39, 0.29) is 0 Å². The Labute approximate surface area is 393 Å². The molecule has 0 bridgehead atoms. The molecule has 0 aliphatic rings. The molecule has 0 heterocycles. The lowest BCUT2D eigenvalue weighted by Crippen LogP contribution is -2.38. The second kappa shape index (κ2) is 24.7. The van der Waals surface area contributed by atoms with Crippen LogP contribution in [-0.4, -0.2) is 0 Å². The third-order valence-electron chi connectivity index (χ3n) is 16.5. The molecule has 0 aromatic heterocycles. The highest BCUT2D eigenvalue weighted by molar-refractivity contribution is 6.16. The Morgan fingerprint density at radius 1 is 0.328 bits per heavy atom. The Morgan fingerprint density at radius 3 is 0.812 bits per heavy atom. The van der Waals surface area contributed by atoms with Crippen LogP contribution in [0.4, 0.5) is 0 Å². The van der Waals surface area contributed by atoms with Crippen LogP contribution >= 0.6 is 0 Å². The fourth-order valence-electron chi connectivity index (χ4n) is 13.0. The number of unbranched alkanes of at least 4 members (excludes halogenated alkanes) is 14. The first-order valence-corrected chi connectivity index (χ1v) is 26.5. The predicted molar refractivity (Wildman–Crippen MR) is 287 cm³/mol. The van der Waals surface area contributed by atoms with Crippen LogP contribution in [-0.2, 0) is 0 Å². The maximum absolute atomic E-state index is 3.78. The van der Waals surface area contributed by atoms with Gasteiger partial charge in [-0.1, -0.05) is 232 Å². The molecule has 0 fully saturated rings. The van der Waals surface area contributed by atoms with Gasteiger partial charge in [-0.15, -0.1) is 0 Å². The van der Waals surface area contributed by atoms with Crippen molar-refractivity contribution in [3.63, 3.8) is 0 Å². The molecule has 5 aromatic rings. The van der Waals surface area contributed by atoms with Gasteiger partial charge in [-0.2, -0.15) is 0 Å². The van der Waals surface area contributed by atoms with Crippen molar-refractivity contribution in [3.8, 4) is 23.7 Å². The highest BCUT2D eigenvalue weighted by atomic mass is 14.4. The Morgan fingerprint density at radius 2 is 0.562 bits per heavy atom. The summed E-state index contributed by atoms with van der Waals surface area (Å²) in [6, 6.07) is 27.1. The molecule has 0 aliphatic heterocycles. The van der Waals surface area contributed by atoms with Crippen LogP contribution in [0.2, 0.25) is 0 Å². The Hall–Kier alpha value is -3.74. The van der Waals surface area contributed by atoms with Crippen LogP contribution in [0, 0.1) is 70.0 Å². The molecule has 0 unspecified atom stereocenters. The van der Waals surface area contributed by atoms with Gasteiger partial charge in [0, 0.05) is 24.0 Å². The third kappa shape index (κ3) is 12.4. The average molecular weight is 859 g/mol. The number of fused-ring (bicyclic) bond motifs is 4. The van der Waals surface area contributed by atoms with E-state index in [1.54, 1.807) is 0 Å². The van der Waals surface area contributed by atoms with E-state index in [0.29, 0.717) is 10.8 Å². The van der Waals surface area contributed by atoms with Gasteiger partial charge in [0.2, 0.25) is 0 Å². The van der Waals surface area contributed by atoms with Crippen molar-refractivity contribution in [2.24, 2.45) is 46.3 Å². The quantitative estimate of drug-likeness (QED) is 0.0329. The first-order valence-electron chi connectivity index (χ1n) is 26.5. The lowest BCUT2D eigenvalue weighted by molar-refractivity contribution is 0.0355. The largest absolute Gasteiger partial charge is 0.0978 e. The fourth-order valence-corrected chi connectivity index (χ4v) is 13.0. The maximum atomic E-state index is 3.78. The molecule has 0 aliphatic carbocycles. The zero-order valence-electron chi connectivity index (χ0n) is 43.1. The molecule has 5 aromatic carbocycles. The van der Waals surface area contributed by atoms with E-state index in [0.717, 1.165) is 59.5 Å². The van der Waals surface area contributed by atoms with Crippen molar-refractivity contribution < 1.29 is 0 Å². The van der Waals surface area contributed by atoms with Crippen molar-refractivity contribution in [1.29, 1.82) is 0 Å². The second-order valence-corrected chi connectivity index (χ2v) is 21.9. The molecule has 0 amide bonds. The molecule has 0 heteroatoms. The number of rotatable bonds is 24. The van der Waals surface area contributed by atoms with Gasteiger partial charge in [0.15, 0.2) is 0 Å². The van der Waals surface area contributed by atoms with Gasteiger partial charge in [0.05, 0.1) is 0 Å². The van der Waals surface area contributed by atoms with Crippen LogP contribution < -0.4 is 0 Å². The SMILES string of the molecule is CC(C)C(CCCCCCCCCC#Cc1c2cc3ccccc3cc2c(C#CCCCCCCCCCC(C(C)C)(C(C)C)C(C)C)c2cc3ccccc3cc12)(C(C)C)C(C)C. The molecule has 0 saturated heterocycles. The maximum Gasteiger partial charge on any atom is 0.0403 e. The highest BCUT2D eigenvalue weighted by Crippen LogP contribution is 2.48. The summed E-state index contributed by atoms with van der Waals surface area (Å²) in [4.78, 5) is 0. The first kappa shape index (κ1) is 51.2. The smallest absolute Gasteiger partial charge is 0.0403 e. The van der Waals surface area contributed by atoms with Crippen molar-refractivity contribution in [2.75, 3.05) is 0 Å². The van der Waals surface area contributed by atoms with E-state index in [4.69, 9.17) is 0 Å². The summed E-state index contributed by atoms with van der Waals surface area (Å²) < 4.78 is 0. The molecule has 0 N–H and O–H groups in total. The minimum absolute atomic E-state index is 0.464. The molecule has 0 spiro atoms. The molecule has 64 heavy (non-hydrogen) atoms. The zero-order valence-corrected chi connectivity index (χ0v) is 43.1. The summed E-state index contributed by atoms with van der Waals surface area (Å²) in [5, 5.41) is 10.0. The molecule has 0 saturated carbocycles. The van der Waals surface area contributed by atoms with Gasteiger partial charge >= 0.3 is 0 Å². The van der Waals surface area contributed by atoms with Crippen molar-refractivity contribution in [2.45, 2.75) is 199 Å². The van der Waals surface area contributed by atoms with E-state index in [1.165, 1.54) is 146 Å². The van der Waals surface area contributed by atoms with Gasteiger partial charge in [-0.25, -0.2) is 0 Å². The molecule has 5 rings (SSSR count). The van der Waals surface area contributed by atoms with Crippen molar-refractivity contribution >= 4 is 43.1 Å². The summed E-state index contributed by atoms with van der Waals surface area (Å²) in [5.74, 6) is 19.3. The topological polar surface area (TPSA) is 0 Å². The Kier molecular flexibility index (Phi) is 19.8. The fraction of sp³-hybridized carbons (Fsp3) is 0.594. The van der Waals surface area contributed by atoms with Gasteiger partial charge < -0.3 is 0 Å². The van der Waals surface area contributed by atoms with Crippen molar-refractivity contribution in [1.82, 2.24) is 0 Å². The first-order chi connectivity index (χ1) is 30.7. The van der Waals surface area contributed by atoms with Gasteiger partial charge in [-0.05, 0) is 139 Å². The minimum atomic E-state index is 0.464. The van der Waals surface area contributed by atoms with Gasteiger partial charge in [-0.3, -0.25) is 0 Å². The van der Waals surface area contributed by atoms with E-state index in [9.17, 15) is 0 Å². The predicted octanol–water partition coefficient (Wildman–Crippen LogP) is 19.9. The molecule has 346 valence electrons. The standard InChI is InChI=1S/C64H90/c1-47(2)63(48(3)4,49(5)6)41-33-25-21-17-13-15-19-23-27-39-57-59-43-53-35-29-31-37-55(53)45-61(59)58(62-46-56-38-32-30-36-54(56)44-60(57)62)40-28-24-20-16-14-18-22-26-34-42-64(50(7)8,51(9)10)52(11)12/h29-32,35-38,43-52H,13-26,33-34,41-42H2,1-12H3. The van der Waals surface area contributed by atoms with Crippen LogP contribution in [0.25, 0.3) is 43.1 Å². The normalized spacial score (nSPS) is 12.5. The third-order valence-corrected chi connectivity index (χ3v) is 16.5. The van der Waals surface area contributed by atoms with Crippen molar-refractivity contribution in [3.05, 3.63) is 83.9 Å². The zero-order chi connectivity index (χ0) is 46.3. The highest BCUT2D eigenvalue weighted by Gasteiger charge is 2.40. The molecular formula is C64H90. The number of hydrogen-bond donors (Lipinski definition) is 0. The number of hydrogen-bond acceptors (Lipinski definition) is 0. The van der Waals surface area contributed by atoms with Crippen LogP contribution in [0.15, 0.2) is 72.8 Å². The van der Waals surface area contributed by atoms with Crippen LogP contribution in [0.3, 0.4) is 0 Å². The summed E-state index contributed by atoms with van der Waals surface area (Å²) in [7, 11) is 0. The molecule has 0 nitrogen and oxygen atoms in total. The van der Waals surface area contributed by atoms with Crippen LogP contribution in [0.1, 0.15) is 210 Å². The van der Waals surface area contributed by atoms with E-state index in [2.05, 4.69) is 180 Å².